The van der Waals surface area contributed by atoms with Crippen molar-refractivity contribution in [2.45, 2.75) is 38.3 Å². The van der Waals surface area contributed by atoms with E-state index >= 15 is 0 Å². The van der Waals surface area contributed by atoms with Gasteiger partial charge in [-0.3, -0.25) is 9.69 Å². The molecule has 150 valence electrons. The lowest BCUT2D eigenvalue weighted by Crippen LogP contribution is -2.56. The van der Waals surface area contributed by atoms with Gasteiger partial charge in [-0.1, -0.05) is 12.1 Å². The Labute approximate surface area is 167 Å². The van der Waals surface area contributed by atoms with Gasteiger partial charge in [0.1, 0.15) is 5.75 Å². The lowest BCUT2D eigenvalue weighted by molar-refractivity contribution is -0.141. The monoisotopic (exact) mass is 381 g/mol. The van der Waals surface area contributed by atoms with Gasteiger partial charge < -0.3 is 14.2 Å². The first-order chi connectivity index (χ1) is 13.6. The van der Waals surface area contributed by atoms with Crippen molar-refractivity contribution in [1.82, 2.24) is 14.4 Å². The van der Waals surface area contributed by atoms with Crippen molar-refractivity contribution in [2.75, 3.05) is 26.7 Å². The Balaban J connectivity index is 1.36. The molecule has 28 heavy (non-hydrogen) atoms. The molecule has 2 fully saturated rings. The van der Waals surface area contributed by atoms with Gasteiger partial charge in [-0.05, 0) is 55.0 Å². The Kier molecular flexibility index (Phi) is 5.72. The zero-order valence-corrected chi connectivity index (χ0v) is 17.0. The highest BCUT2D eigenvalue weighted by Gasteiger charge is 2.38. The van der Waals surface area contributed by atoms with Crippen LogP contribution < -0.4 is 4.74 Å². The number of aryl methyl sites for hydroxylation is 1. The van der Waals surface area contributed by atoms with E-state index in [9.17, 15) is 4.79 Å². The van der Waals surface area contributed by atoms with E-state index in [4.69, 9.17) is 4.74 Å². The Morgan fingerprint density at radius 1 is 1.14 bits per heavy atom. The van der Waals surface area contributed by atoms with Crippen LogP contribution in [0.3, 0.4) is 0 Å². The molecule has 5 nitrogen and oxygen atoms in total. The number of hydrogen-bond acceptors (Lipinski definition) is 3. The van der Waals surface area contributed by atoms with E-state index in [0.29, 0.717) is 24.3 Å². The van der Waals surface area contributed by atoms with E-state index in [2.05, 4.69) is 51.9 Å². The van der Waals surface area contributed by atoms with Crippen molar-refractivity contribution >= 4 is 5.91 Å². The highest BCUT2D eigenvalue weighted by atomic mass is 16.5. The van der Waals surface area contributed by atoms with Gasteiger partial charge in [0.05, 0.1) is 7.11 Å². The van der Waals surface area contributed by atoms with Gasteiger partial charge in [-0.15, -0.1) is 0 Å². The van der Waals surface area contributed by atoms with Crippen LogP contribution in [-0.4, -0.2) is 53.1 Å². The van der Waals surface area contributed by atoms with Crippen LogP contribution in [0, 0.1) is 5.92 Å². The molecular weight excluding hydrogens is 350 g/mol. The summed E-state index contributed by atoms with van der Waals surface area (Å²) in [5.41, 5.74) is 2.62. The van der Waals surface area contributed by atoms with Gasteiger partial charge in [-0.2, -0.15) is 0 Å². The minimum absolute atomic E-state index is 0.339. The number of hydrogen-bond donors (Lipinski definition) is 0. The summed E-state index contributed by atoms with van der Waals surface area (Å²) in [6.45, 7) is 4.00. The predicted molar refractivity (Wildman–Crippen MR) is 110 cm³/mol. The van der Waals surface area contributed by atoms with Crippen molar-refractivity contribution < 1.29 is 9.53 Å². The summed E-state index contributed by atoms with van der Waals surface area (Å²) in [5.74, 6) is 1.82. The fourth-order valence-electron chi connectivity index (χ4n) is 4.79. The van der Waals surface area contributed by atoms with Gasteiger partial charge >= 0.3 is 0 Å². The van der Waals surface area contributed by atoms with Crippen molar-refractivity contribution in [1.29, 1.82) is 0 Å². The summed E-state index contributed by atoms with van der Waals surface area (Å²) in [5, 5.41) is 0. The topological polar surface area (TPSA) is 37.7 Å². The lowest BCUT2D eigenvalue weighted by Gasteiger charge is -2.47. The number of nitrogens with zero attached hydrogens (tertiary/aromatic N) is 3. The Hall–Kier alpha value is -2.27. The van der Waals surface area contributed by atoms with Crippen molar-refractivity contribution in [2.24, 2.45) is 13.0 Å². The van der Waals surface area contributed by atoms with Crippen LogP contribution in [0.1, 0.15) is 30.5 Å². The number of methoxy groups -OCH3 is 1. The number of fused-ring (bicyclic) bond motifs is 1. The molecular formula is C23H31N3O2. The zero-order chi connectivity index (χ0) is 19.5. The average Bonchev–Trinajstić information content (AvgIpc) is 3.12. The molecule has 1 amide bonds. The highest BCUT2D eigenvalue weighted by molar-refractivity contribution is 5.77. The van der Waals surface area contributed by atoms with E-state index in [1.165, 1.54) is 11.3 Å². The standard InChI is InChI=1S/C23H31N3O2/c1-24-13-3-4-20(24)17-25-14-12-22-19(16-25)7-10-23(27)26(22)15-11-18-5-8-21(28-2)9-6-18/h3-6,8-9,13,19,22H,7,10-12,14-17H2,1-2H3/t19-,22+/m1/s1. The fourth-order valence-corrected chi connectivity index (χ4v) is 4.79. The molecule has 5 heteroatoms. The lowest BCUT2D eigenvalue weighted by atomic mass is 9.83. The Morgan fingerprint density at radius 3 is 2.68 bits per heavy atom. The third-order valence-electron chi connectivity index (χ3n) is 6.46. The number of ether oxygens (including phenoxy) is 1. The SMILES string of the molecule is COc1ccc(CCN2C(=O)CC[C@@H]3CN(Cc4cccn4C)CC[C@@H]32)cc1. The zero-order valence-electron chi connectivity index (χ0n) is 17.0. The van der Waals surface area contributed by atoms with Crippen LogP contribution in [0.15, 0.2) is 42.6 Å². The number of aromatic nitrogens is 1. The molecule has 0 spiro atoms. The molecule has 3 heterocycles. The van der Waals surface area contributed by atoms with Crippen molar-refractivity contribution in [3.05, 3.63) is 53.9 Å². The molecule has 0 bridgehead atoms. The minimum Gasteiger partial charge on any atom is -0.497 e. The van der Waals surface area contributed by atoms with Crippen LogP contribution >= 0.6 is 0 Å². The third-order valence-corrected chi connectivity index (χ3v) is 6.46. The second kappa shape index (κ2) is 8.39. The maximum absolute atomic E-state index is 12.6. The highest BCUT2D eigenvalue weighted by Crippen LogP contribution is 2.32. The largest absolute Gasteiger partial charge is 0.497 e. The summed E-state index contributed by atoms with van der Waals surface area (Å²) < 4.78 is 7.44. The fraction of sp³-hybridized carbons (Fsp3) is 0.522. The first kappa shape index (κ1) is 19.1. The van der Waals surface area contributed by atoms with Gasteiger partial charge in [0.15, 0.2) is 0 Å². The van der Waals surface area contributed by atoms with Crippen LogP contribution in [0.2, 0.25) is 0 Å². The molecule has 0 aliphatic carbocycles. The number of piperidine rings is 2. The molecule has 0 unspecified atom stereocenters. The van der Waals surface area contributed by atoms with Gasteiger partial charge in [0, 0.05) is 57.6 Å². The molecule has 2 aliphatic heterocycles. The van der Waals surface area contributed by atoms with Gasteiger partial charge in [0.25, 0.3) is 0 Å². The summed E-state index contributed by atoms with van der Waals surface area (Å²) in [4.78, 5) is 17.4. The summed E-state index contributed by atoms with van der Waals surface area (Å²) in [6, 6.07) is 12.9. The molecule has 2 atom stereocenters. The number of carbonyl (C=O) groups excluding carboxylic acids is 1. The maximum atomic E-state index is 12.6. The van der Waals surface area contributed by atoms with Gasteiger partial charge in [-0.25, -0.2) is 0 Å². The van der Waals surface area contributed by atoms with E-state index in [1.54, 1.807) is 7.11 Å². The van der Waals surface area contributed by atoms with Gasteiger partial charge in [0.2, 0.25) is 5.91 Å². The van der Waals surface area contributed by atoms with Crippen molar-refractivity contribution in [3.8, 4) is 5.75 Å². The number of carbonyl (C=O) groups is 1. The minimum atomic E-state index is 0.339. The molecule has 2 saturated heterocycles. The molecule has 1 aromatic carbocycles. The predicted octanol–water partition coefficient (Wildman–Crippen LogP) is 3.09. The van der Waals surface area contributed by atoms with E-state index in [0.717, 1.165) is 51.2 Å². The van der Waals surface area contributed by atoms with Crippen LogP contribution in [0.4, 0.5) is 0 Å². The van der Waals surface area contributed by atoms with Crippen LogP contribution in [0.25, 0.3) is 0 Å². The first-order valence-corrected chi connectivity index (χ1v) is 10.4. The number of likely N-dealkylation sites (tertiary alicyclic amines) is 2. The summed E-state index contributed by atoms with van der Waals surface area (Å²) in [6.07, 6.45) is 5.84. The third kappa shape index (κ3) is 4.09. The second-order valence-corrected chi connectivity index (χ2v) is 8.19. The van der Waals surface area contributed by atoms with Crippen molar-refractivity contribution in [3.63, 3.8) is 0 Å². The van der Waals surface area contributed by atoms with E-state index in [-0.39, 0.29) is 0 Å². The summed E-state index contributed by atoms with van der Waals surface area (Å²) in [7, 11) is 3.80. The second-order valence-electron chi connectivity index (χ2n) is 8.19. The average molecular weight is 382 g/mol. The molecule has 2 aliphatic rings. The number of rotatable bonds is 6. The molecule has 4 rings (SSSR count). The Morgan fingerprint density at radius 2 is 1.96 bits per heavy atom. The molecule has 2 aromatic rings. The number of benzene rings is 1. The summed E-state index contributed by atoms with van der Waals surface area (Å²) >= 11 is 0. The quantitative estimate of drug-likeness (QED) is 0.772. The molecule has 1 aromatic heterocycles. The first-order valence-electron chi connectivity index (χ1n) is 10.4. The molecule has 0 N–H and O–H groups in total. The van der Waals surface area contributed by atoms with Crippen LogP contribution in [-0.2, 0) is 24.8 Å². The van der Waals surface area contributed by atoms with Crippen LogP contribution in [0.5, 0.6) is 5.75 Å². The Bertz CT molecular complexity index is 798. The van der Waals surface area contributed by atoms with E-state index < -0.39 is 0 Å². The van der Waals surface area contributed by atoms with E-state index in [1.807, 2.05) is 12.1 Å². The normalized spacial score (nSPS) is 22.9. The smallest absolute Gasteiger partial charge is 0.222 e. The molecule has 0 radical (unpaired) electrons. The molecule has 0 saturated carbocycles. The number of amides is 1. The maximum Gasteiger partial charge on any atom is 0.222 e.